The number of nitrogens with zero attached hydrogens (tertiary/aromatic N) is 4. The Labute approximate surface area is 121 Å². The van der Waals surface area contributed by atoms with Gasteiger partial charge >= 0.3 is 0 Å². The standard InChI is InChI=1S/C14H17N5S/c1-4-10-7-17-13(20-10)9(3)19-12-11(18-14(19)15)5-8(2)6-16-12/h5-7,9H,4H2,1-3H3,(H2,15,18). The molecule has 0 aliphatic heterocycles. The summed E-state index contributed by atoms with van der Waals surface area (Å²) in [5.41, 5.74) is 8.80. The zero-order chi connectivity index (χ0) is 14.3. The lowest BCUT2D eigenvalue weighted by molar-refractivity contribution is 0.657. The van der Waals surface area contributed by atoms with Gasteiger partial charge in [0.2, 0.25) is 5.95 Å². The van der Waals surface area contributed by atoms with Crippen LogP contribution in [0, 0.1) is 6.92 Å². The molecule has 0 amide bonds. The first kappa shape index (κ1) is 13.1. The highest BCUT2D eigenvalue weighted by atomic mass is 32.1. The van der Waals surface area contributed by atoms with Crippen LogP contribution >= 0.6 is 11.3 Å². The van der Waals surface area contributed by atoms with Gasteiger partial charge in [0.25, 0.3) is 0 Å². The summed E-state index contributed by atoms with van der Waals surface area (Å²) in [4.78, 5) is 14.6. The summed E-state index contributed by atoms with van der Waals surface area (Å²) in [5, 5.41) is 1.04. The molecule has 0 aliphatic carbocycles. The molecule has 0 bridgehead atoms. The zero-order valence-corrected chi connectivity index (χ0v) is 12.6. The number of thiazole rings is 1. The lowest BCUT2D eigenvalue weighted by Crippen LogP contribution is -2.10. The summed E-state index contributed by atoms with van der Waals surface area (Å²) in [5.74, 6) is 0.485. The Bertz CT molecular complexity index is 758. The summed E-state index contributed by atoms with van der Waals surface area (Å²) < 4.78 is 1.95. The van der Waals surface area contributed by atoms with Crippen LogP contribution in [0.4, 0.5) is 5.95 Å². The molecule has 6 heteroatoms. The molecule has 0 radical (unpaired) electrons. The van der Waals surface area contributed by atoms with E-state index < -0.39 is 0 Å². The molecule has 0 saturated carbocycles. The maximum Gasteiger partial charge on any atom is 0.203 e. The van der Waals surface area contributed by atoms with Gasteiger partial charge in [-0.15, -0.1) is 11.3 Å². The minimum Gasteiger partial charge on any atom is -0.369 e. The highest BCUT2D eigenvalue weighted by Crippen LogP contribution is 2.29. The highest BCUT2D eigenvalue weighted by molar-refractivity contribution is 7.11. The molecule has 104 valence electrons. The topological polar surface area (TPSA) is 69.6 Å². The number of aromatic nitrogens is 4. The van der Waals surface area contributed by atoms with E-state index in [0.717, 1.165) is 28.2 Å². The highest BCUT2D eigenvalue weighted by Gasteiger charge is 2.19. The molecular weight excluding hydrogens is 270 g/mol. The second-order valence-electron chi connectivity index (χ2n) is 4.89. The molecule has 3 rings (SSSR count). The number of pyridine rings is 1. The number of hydrogen-bond acceptors (Lipinski definition) is 5. The normalized spacial score (nSPS) is 12.9. The lowest BCUT2D eigenvalue weighted by Gasteiger charge is -2.12. The van der Waals surface area contributed by atoms with Gasteiger partial charge in [-0.1, -0.05) is 6.92 Å². The van der Waals surface area contributed by atoms with E-state index in [0.29, 0.717) is 5.95 Å². The van der Waals surface area contributed by atoms with Crippen LogP contribution in [0.1, 0.15) is 35.3 Å². The van der Waals surface area contributed by atoms with E-state index in [9.17, 15) is 0 Å². The van der Waals surface area contributed by atoms with Crippen molar-refractivity contribution in [2.75, 3.05) is 5.73 Å². The third-order valence-electron chi connectivity index (χ3n) is 3.36. The Balaban J connectivity index is 2.11. The van der Waals surface area contributed by atoms with Crippen molar-refractivity contribution in [1.29, 1.82) is 0 Å². The number of fused-ring (bicyclic) bond motifs is 1. The zero-order valence-electron chi connectivity index (χ0n) is 11.8. The number of rotatable bonds is 3. The Hall–Kier alpha value is -1.95. The molecule has 0 aromatic carbocycles. The van der Waals surface area contributed by atoms with Crippen molar-refractivity contribution in [3.8, 4) is 0 Å². The number of imidazole rings is 1. The molecule has 5 nitrogen and oxygen atoms in total. The fourth-order valence-corrected chi connectivity index (χ4v) is 3.17. The average molecular weight is 287 g/mol. The number of anilines is 1. The van der Waals surface area contributed by atoms with Gasteiger partial charge < -0.3 is 5.73 Å². The smallest absolute Gasteiger partial charge is 0.203 e. The average Bonchev–Trinajstić information content (AvgIpc) is 3.01. The lowest BCUT2D eigenvalue weighted by atomic mass is 10.3. The summed E-state index contributed by atoms with van der Waals surface area (Å²) in [6, 6.07) is 2.04. The van der Waals surface area contributed by atoms with Gasteiger partial charge in [-0.25, -0.2) is 15.0 Å². The molecule has 20 heavy (non-hydrogen) atoms. The molecule has 0 fully saturated rings. The third-order valence-corrected chi connectivity index (χ3v) is 4.67. The van der Waals surface area contributed by atoms with Gasteiger partial charge in [0, 0.05) is 17.3 Å². The van der Waals surface area contributed by atoms with Gasteiger partial charge in [0.1, 0.15) is 10.5 Å². The van der Waals surface area contributed by atoms with Crippen molar-refractivity contribution in [1.82, 2.24) is 19.5 Å². The fraction of sp³-hybridized carbons (Fsp3) is 0.357. The summed E-state index contributed by atoms with van der Waals surface area (Å²) in [7, 11) is 0. The van der Waals surface area contributed by atoms with E-state index in [1.54, 1.807) is 11.3 Å². The monoisotopic (exact) mass is 287 g/mol. The fourth-order valence-electron chi connectivity index (χ4n) is 2.27. The Morgan fingerprint density at radius 1 is 1.35 bits per heavy atom. The first-order chi connectivity index (χ1) is 9.60. The molecule has 0 aliphatic rings. The van der Waals surface area contributed by atoms with Gasteiger partial charge in [-0.3, -0.25) is 4.57 Å². The third kappa shape index (κ3) is 2.06. The van der Waals surface area contributed by atoms with Crippen molar-refractivity contribution in [3.05, 3.63) is 33.9 Å². The molecule has 3 aromatic heterocycles. The van der Waals surface area contributed by atoms with E-state index in [-0.39, 0.29) is 6.04 Å². The van der Waals surface area contributed by atoms with Gasteiger partial charge in [0.15, 0.2) is 5.65 Å². The molecule has 1 atom stereocenters. The number of aryl methyl sites for hydroxylation is 2. The van der Waals surface area contributed by atoms with Gasteiger partial charge in [0.05, 0.1) is 6.04 Å². The number of nitrogens with two attached hydrogens (primary N) is 1. The van der Waals surface area contributed by atoms with Crippen LogP contribution in [0.2, 0.25) is 0 Å². The minimum absolute atomic E-state index is 0.0421. The van der Waals surface area contributed by atoms with Crippen molar-refractivity contribution in [3.63, 3.8) is 0 Å². The van der Waals surface area contributed by atoms with E-state index in [4.69, 9.17) is 5.73 Å². The SMILES string of the molecule is CCc1cnc(C(C)n2c(N)nc3cc(C)cnc32)s1. The molecule has 1 unspecified atom stereocenters. The Kier molecular flexibility index (Phi) is 3.17. The number of nitrogen functional groups attached to an aromatic ring is 1. The minimum atomic E-state index is 0.0421. The summed E-state index contributed by atoms with van der Waals surface area (Å²) in [6.07, 6.45) is 4.78. The van der Waals surface area contributed by atoms with Gasteiger partial charge in [-0.05, 0) is 31.9 Å². The van der Waals surface area contributed by atoms with Crippen LogP contribution in [0.5, 0.6) is 0 Å². The molecular formula is C14H17N5S. The van der Waals surface area contributed by atoms with Crippen molar-refractivity contribution >= 4 is 28.4 Å². The van der Waals surface area contributed by atoms with Crippen LogP contribution < -0.4 is 5.73 Å². The largest absolute Gasteiger partial charge is 0.369 e. The second-order valence-corrected chi connectivity index (χ2v) is 6.04. The molecule has 0 spiro atoms. The Morgan fingerprint density at radius 3 is 2.85 bits per heavy atom. The first-order valence-corrected chi connectivity index (χ1v) is 7.46. The van der Waals surface area contributed by atoms with Gasteiger partial charge in [-0.2, -0.15) is 0 Å². The molecule has 3 aromatic rings. The van der Waals surface area contributed by atoms with Crippen LogP contribution in [-0.2, 0) is 6.42 Å². The maximum atomic E-state index is 6.07. The van der Waals surface area contributed by atoms with Crippen LogP contribution in [0.3, 0.4) is 0 Å². The predicted octanol–water partition coefficient (Wildman–Crippen LogP) is 2.95. The van der Waals surface area contributed by atoms with Crippen LogP contribution in [0.25, 0.3) is 11.2 Å². The van der Waals surface area contributed by atoms with Crippen LogP contribution in [-0.4, -0.2) is 19.5 Å². The molecule has 3 heterocycles. The van der Waals surface area contributed by atoms with Crippen molar-refractivity contribution in [2.24, 2.45) is 0 Å². The van der Waals surface area contributed by atoms with Crippen molar-refractivity contribution < 1.29 is 0 Å². The van der Waals surface area contributed by atoms with E-state index in [2.05, 4.69) is 28.8 Å². The number of hydrogen-bond donors (Lipinski definition) is 1. The van der Waals surface area contributed by atoms with Crippen molar-refractivity contribution in [2.45, 2.75) is 33.2 Å². The van der Waals surface area contributed by atoms with E-state index in [1.165, 1.54) is 4.88 Å². The molecule has 2 N–H and O–H groups in total. The van der Waals surface area contributed by atoms with Crippen LogP contribution in [0.15, 0.2) is 18.5 Å². The summed E-state index contributed by atoms with van der Waals surface area (Å²) in [6.45, 7) is 6.21. The van der Waals surface area contributed by atoms with E-state index >= 15 is 0 Å². The Morgan fingerprint density at radius 2 is 2.15 bits per heavy atom. The first-order valence-electron chi connectivity index (χ1n) is 6.64. The maximum absolute atomic E-state index is 6.07. The summed E-state index contributed by atoms with van der Waals surface area (Å²) >= 11 is 1.72. The predicted molar refractivity (Wildman–Crippen MR) is 82.0 cm³/mol. The molecule has 0 saturated heterocycles. The quantitative estimate of drug-likeness (QED) is 0.804. The second kappa shape index (κ2) is 4.86. The van der Waals surface area contributed by atoms with E-state index in [1.807, 2.05) is 30.0 Å².